The Hall–Kier alpha value is -1.21. The van der Waals surface area contributed by atoms with E-state index in [1.54, 1.807) is 16.9 Å². The second-order valence-electron chi connectivity index (χ2n) is 4.51. The van der Waals surface area contributed by atoms with Crippen LogP contribution in [-0.4, -0.2) is 39.4 Å². The Kier molecular flexibility index (Phi) is 2.52. The van der Waals surface area contributed by atoms with Gasteiger partial charge in [-0.1, -0.05) is 6.92 Å². The van der Waals surface area contributed by atoms with Gasteiger partial charge in [-0.3, -0.25) is 4.40 Å². The van der Waals surface area contributed by atoms with E-state index in [1.165, 1.54) is 0 Å². The van der Waals surface area contributed by atoms with Gasteiger partial charge in [0.05, 0.1) is 26.0 Å². The molecule has 1 fully saturated rings. The van der Waals surface area contributed by atoms with Gasteiger partial charge in [-0.05, 0) is 15.9 Å². The molecule has 17 heavy (non-hydrogen) atoms. The van der Waals surface area contributed by atoms with Gasteiger partial charge in [-0.25, -0.2) is 4.98 Å². The number of halogens is 1. The lowest BCUT2D eigenvalue weighted by molar-refractivity contribution is -0.120. The zero-order chi connectivity index (χ0) is 11.9. The van der Waals surface area contributed by atoms with Crippen molar-refractivity contribution in [2.75, 3.05) is 19.8 Å². The Balaban J connectivity index is 1.85. The number of hydrogen-bond acceptors (Lipinski definition) is 5. The molecular weight excluding hydrogens is 288 g/mol. The van der Waals surface area contributed by atoms with Crippen molar-refractivity contribution in [3.8, 4) is 5.75 Å². The fourth-order valence-corrected chi connectivity index (χ4v) is 2.02. The van der Waals surface area contributed by atoms with Gasteiger partial charge in [0.25, 0.3) is 0 Å². The Morgan fingerprint density at radius 3 is 3.12 bits per heavy atom. The molecule has 0 aliphatic carbocycles. The maximum Gasteiger partial charge on any atom is 0.206 e. The maximum absolute atomic E-state index is 5.75. The standard InChI is InChI=1S/C10H11BrN4O2/c1-10(3-16-4-10)5-17-7-2-12-9(11)15-6-13-14-8(7)15/h2,6H,3-5H2,1H3. The molecule has 90 valence electrons. The number of ether oxygens (including phenoxy) is 2. The zero-order valence-electron chi connectivity index (χ0n) is 9.26. The van der Waals surface area contributed by atoms with Crippen LogP contribution in [0.15, 0.2) is 17.3 Å². The molecule has 0 atom stereocenters. The van der Waals surface area contributed by atoms with Crippen molar-refractivity contribution >= 4 is 21.6 Å². The van der Waals surface area contributed by atoms with E-state index < -0.39 is 0 Å². The highest BCUT2D eigenvalue weighted by Gasteiger charge is 2.34. The van der Waals surface area contributed by atoms with Crippen LogP contribution in [-0.2, 0) is 4.74 Å². The molecule has 0 radical (unpaired) electrons. The van der Waals surface area contributed by atoms with Crippen molar-refractivity contribution in [1.82, 2.24) is 19.6 Å². The first kappa shape index (κ1) is 10.9. The first-order chi connectivity index (χ1) is 8.18. The zero-order valence-corrected chi connectivity index (χ0v) is 10.8. The van der Waals surface area contributed by atoms with Gasteiger partial charge in [-0.2, -0.15) is 0 Å². The first-order valence-electron chi connectivity index (χ1n) is 5.23. The highest BCUT2D eigenvalue weighted by Crippen LogP contribution is 2.28. The van der Waals surface area contributed by atoms with Gasteiger partial charge < -0.3 is 9.47 Å². The predicted molar refractivity (Wildman–Crippen MR) is 62.9 cm³/mol. The van der Waals surface area contributed by atoms with E-state index in [2.05, 4.69) is 38.0 Å². The Morgan fingerprint density at radius 2 is 2.41 bits per heavy atom. The highest BCUT2D eigenvalue weighted by molar-refractivity contribution is 9.10. The van der Waals surface area contributed by atoms with Crippen molar-refractivity contribution in [3.05, 3.63) is 17.3 Å². The van der Waals surface area contributed by atoms with Crippen LogP contribution < -0.4 is 4.74 Å². The molecule has 0 aromatic carbocycles. The third-order valence-corrected chi connectivity index (χ3v) is 3.32. The monoisotopic (exact) mass is 298 g/mol. The molecule has 1 saturated heterocycles. The van der Waals surface area contributed by atoms with Crippen LogP contribution in [0.2, 0.25) is 0 Å². The van der Waals surface area contributed by atoms with Gasteiger partial charge in [0, 0.05) is 5.41 Å². The van der Waals surface area contributed by atoms with Gasteiger partial charge >= 0.3 is 0 Å². The predicted octanol–water partition coefficient (Wildman–Crippen LogP) is 1.30. The van der Waals surface area contributed by atoms with Crippen molar-refractivity contribution in [3.63, 3.8) is 0 Å². The molecule has 6 nitrogen and oxygen atoms in total. The van der Waals surface area contributed by atoms with E-state index in [9.17, 15) is 0 Å². The summed E-state index contributed by atoms with van der Waals surface area (Å²) in [5, 5.41) is 7.85. The molecule has 2 aromatic rings. The summed E-state index contributed by atoms with van der Waals surface area (Å²) in [6.45, 7) is 4.20. The van der Waals surface area contributed by atoms with E-state index in [0.29, 0.717) is 22.7 Å². The van der Waals surface area contributed by atoms with Crippen molar-refractivity contribution in [2.45, 2.75) is 6.92 Å². The van der Waals surface area contributed by atoms with Crippen LogP contribution in [0.1, 0.15) is 6.92 Å². The molecule has 7 heteroatoms. The average molecular weight is 299 g/mol. The molecule has 0 bridgehead atoms. The quantitative estimate of drug-likeness (QED) is 0.800. The number of aromatic nitrogens is 4. The number of fused-ring (bicyclic) bond motifs is 1. The third kappa shape index (κ3) is 1.89. The summed E-state index contributed by atoms with van der Waals surface area (Å²) in [6, 6.07) is 0. The molecule has 2 aromatic heterocycles. The van der Waals surface area contributed by atoms with Crippen LogP contribution in [0.4, 0.5) is 0 Å². The average Bonchev–Trinajstić information content (AvgIpc) is 2.76. The second kappa shape index (κ2) is 3.92. The second-order valence-corrected chi connectivity index (χ2v) is 5.22. The summed E-state index contributed by atoms with van der Waals surface area (Å²) < 4.78 is 13.3. The van der Waals surface area contributed by atoms with Crippen LogP contribution in [0, 0.1) is 5.41 Å². The molecule has 0 amide bonds. The number of nitrogens with zero attached hydrogens (tertiary/aromatic N) is 4. The number of rotatable bonds is 3. The minimum Gasteiger partial charge on any atom is -0.487 e. The molecule has 0 unspecified atom stereocenters. The van der Waals surface area contributed by atoms with E-state index in [1.807, 2.05) is 0 Å². The van der Waals surface area contributed by atoms with E-state index in [-0.39, 0.29) is 5.41 Å². The van der Waals surface area contributed by atoms with Crippen molar-refractivity contribution in [1.29, 1.82) is 0 Å². The summed E-state index contributed by atoms with van der Waals surface area (Å²) in [6.07, 6.45) is 3.24. The van der Waals surface area contributed by atoms with Crippen LogP contribution in [0.5, 0.6) is 5.75 Å². The topological polar surface area (TPSA) is 61.5 Å². The lowest BCUT2D eigenvalue weighted by Gasteiger charge is -2.37. The van der Waals surface area contributed by atoms with Crippen molar-refractivity contribution in [2.24, 2.45) is 5.41 Å². The van der Waals surface area contributed by atoms with E-state index in [0.717, 1.165) is 13.2 Å². The molecule has 3 rings (SSSR count). The third-order valence-electron chi connectivity index (χ3n) is 2.73. The van der Waals surface area contributed by atoms with Gasteiger partial charge in [0.2, 0.25) is 5.65 Å². The Labute approximate surface area is 106 Å². The molecular formula is C10H11BrN4O2. The minimum atomic E-state index is 0.101. The fraction of sp³-hybridized carbons (Fsp3) is 0.500. The molecule has 3 heterocycles. The van der Waals surface area contributed by atoms with Crippen molar-refractivity contribution < 1.29 is 9.47 Å². The smallest absolute Gasteiger partial charge is 0.206 e. The molecule has 0 spiro atoms. The summed E-state index contributed by atoms with van der Waals surface area (Å²) in [7, 11) is 0. The summed E-state index contributed by atoms with van der Waals surface area (Å²) in [4.78, 5) is 4.17. The van der Waals surface area contributed by atoms with Crippen LogP contribution >= 0.6 is 15.9 Å². The molecule has 0 N–H and O–H groups in total. The summed E-state index contributed by atoms with van der Waals surface area (Å²) >= 11 is 3.32. The molecule has 1 aliphatic rings. The maximum atomic E-state index is 5.75. The Morgan fingerprint density at radius 1 is 1.59 bits per heavy atom. The molecule has 0 saturated carbocycles. The highest BCUT2D eigenvalue weighted by atomic mass is 79.9. The SMILES string of the molecule is CC1(COc2cnc(Br)n3cnnc23)COC1. The summed E-state index contributed by atoms with van der Waals surface area (Å²) in [5.41, 5.74) is 0.764. The Bertz CT molecular complexity index is 552. The van der Waals surface area contributed by atoms with Crippen LogP contribution in [0.25, 0.3) is 5.65 Å². The lowest BCUT2D eigenvalue weighted by atomic mass is 9.90. The minimum absolute atomic E-state index is 0.101. The van der Waals surface area contributed by atoms with Gasteiger partial charge in [0.1, 0.15) is 6.33 Å². The summed E-state index contributed by atoms with van der Waals surface area (Å²) in [5.74, 6) is 0.638. The normalized spacial score (nSPS) is 18.0. The van der Waals surface area contributed by atoms with E-state index >= 15 is 0 Å². The van der Waals surface area contributed by atoms with Crippen LogP contribution in [0.3, 0.4) is 0 Å². The van der Waals surface area contributed by atoms with Gasteiger partial charge in [-0.15, -0.1) is 10.2 Å². The van der Waals surface area contributed by atoms with Gasteiger partial charge in [0.15, 0.2) is 10.5 Å². The van der Waals surface area contributed by atoms with E-state index in [4.69, 9.17) is 9.47 Å². The number of hydrogen-bond donors (Lipinski definition) is 0. The largest absolute Gasteiger partial charge is 0.487 e. The molecule has 1 aliphatic heterocycles. The lowest BCUT2D eigenvalue weighted by Crippen LogP contribution is -2.44. The first-order valence-corrected chi connectivity index (χ1v) is 6.02. The fourth-order valence-electron chi connectivity index (χ4n) is 1.66.